The van der Waals surface area contributed by atoms with Gasteiger partial charge in [-0.25, -0.2) is 4.79 Å². The molecule has 1 fully saturated rings. The van der Waals surface area contributed by atoms with Crippen LogP contribution in [0, 0.1) is 6.92 Å². The highest BCUT2D eigenvalue weighted by molar-refractivity contribution is 5.91. The number of aromatic nitrogens is 1. The van der Waals surface area contributed by atoms with E-state index in [0.717, 1.165) is 27.8 Å². The zero-order valence-corrected chi connectivity index (χ0v) is 20.0. The van der Waals surface area contributed by atoms with E-state index in [0.29, 0.717) is 30.0 Å². The summed E-state index contributed by atoms with van der Waals surface area (Å²) in [5.41, 5.74) is 4.75. The number of carbonyl (C=O) groups is 2. The Hall–Kier alpha value is -4.39. The quantitative estimate of drug-likeness (QED) is 0.302. The SMILES string of the molecule is Cc1noc(-c2ccc(-c3ccc(C4(C(=O)O)CC4)cc3)cc2)c1NC(=O)OC(C)c1ccccc1. The number of carboxylic acid groups (broad SMARTS) is 1. The van der Waals surface area contributed by atoms with Crippen LogP contribution < -0.4 is 5.32 Å². The third kappa shape index (κ3) is 4.47. The van der Waals surface area contributed by atoms with Crippen LogP contribution in [0.2, 0.25) is 0 Å². The number of ether oxygens (including phenoxy) is 1. The Balaban J connectivity index is 1.30. The standard InChI is InChI=1S/C29H26N2O5/c1-18-25(30-28(34)35-19(2)20-6-4-3-5-7-20)26(36-31-18)23-10-8-21(9-11-23)22-12-14-24(15-13-22)29(16-17-29)27(32)33/h3-15,19H,16-17H2,1-2H3,(H,30,34)(H,32,33). The number of aliphatic carboxylic acids is 1. The fraction of sp³-hybridized carbons (Fsp3) is 0.207. The van der Waals surface area contributed by atoms with Gasteiger partial charge in [0, 0.05) is 5.56 Å². The molecule has 1 aliphatic rings. The van der Waals surface area contributed by atoms with Crippen molar-refractivity contribution in [1.29, 1.82) is 0 Å². The van der Waals surface area contributed by atoms with Crippen LogP contribution >= 0.6 is 0 Å². The highest BCUT2D eigenvalue weighted by atomic mass is 16.6. The average molecular weight is 483 g/mol. The molecular formula is C29H26N2O5. The summed E-state index contributed by atoms with van der Waals surface area (Å²) in [6.07, 6.45) is 0.362. The van der Waals surface area contributed by atoms with E-state index < -0.39 is 23.6 Å². The van der Waals surface area contributed by atoms with E-state index in [-0.39, 0.29) is 0 Å². The Morgan fingerprint density at radius 2 is 1.53 bits per heavy atom. The lowest BCUT2D eigenvalue weighted by atomic mass is 9.93. The van der Waals surface area contributed by atoms with E-state index in [9.17, 15) is 14.7 Å². The van der Waals surface area contributed by atoms with E-state index in [1.807, 2.05) is 85.8 Å². The first-order chi connectivity index (χ1) is 17.4. The molecule has 2 N–H and O–H groups in total. The summed E-state index contributed by atoms with van der Waals surface area (Å²) in [7, 11) is 0. The van der Waals surface area contributed by atoms with Gasteiger partial charge in [0.2, 0.25) is 0 Å². The number of nitrogens with zero attached hydrogens (tertiary/aromatic N) is 1. The van der Waals surface area contributed by atoms with Gasteiger partial charge >= 0.3 is 12.1 Å². The maximum Gasteiger partial charge on any atom is 0.412 e. The van der Waals surface area contributed by atoms with Gasteiger partial charge in [-0.3, -0.25) is 10.1 Å². The molecule has 182 valence electrons. The van der Waals surface area contributed by atoms with Crippen LogP contribution in [0.1, 0.15) is 42.7 Å². The van der Waals surface area contributed by atoms with Crippen LogP contribution in [0.5, 0.6) is 0 Å². The Morgan fingerprint density at radius 3 is 2.11 bits per heavy atom. The minimum Gasteiger partial charge on any atom is -0.481 e. The van der Waals surface area contributed by atoms with Gasteiger partial charge in [0.05, 0.1) is 5.41 Å². The van der Waals surface area contributed by atoms with Crippen LogP contribution in [0.25, 0.3) is 22.5 Å². The monoisotopic (exact) mass is 482 g/mol. The number of rotatable bonds is 7. The molecular weight excluding hydrogens is 456 g/mol. The molecule has 0 saturated heterocycles. The Morgan fingerprint density at radius 1 is 0.944 bits per heavy atom. The van der Waals surface area contributed by atoms with Gasteiger partial charge in [0.1, 0.15) is 17.5 Å². The minimum atomic E-state index is -0.759. The first kappa shape index (κ1) is 23.4. The average Bonchev–Trinajstić information content (AvgIpc) is 3.64. The molecule has 0 radical (unpaired) electrons. The van der Waals surface area contributed by atoms with E-state index in [1.54, 1.807) is 6.92 Å². The van der Waals surface area contributed by atoms with E-state index in [2.05, 4.69) is 10.5 Å². The Labute approximate surface area is 208 Å². The van der Waals surface area contributed by atoms with Crippen LogP contribution in [-0.4, -0.2) is 22.3 Å². The topological polar surface area (TPSA) is 102 Å². The molecule has 4 aromatic rings. The fourth-order valence-corrected chi connectivity index (χ4v) is 4.34. The molecule has 3 aromatic carbocycles. The smallest absolute Gasteiger partial charge is 0.412 e. The number of anilines is 1. The second-order valence-corrected chi connectivity index (χ2v) is 9.10. The molecule has 1 aliphatic carbocycles. The number of carboxylic acids is 1. The van der Waals surface area contributed by atoms with Crippen molar-refractivity contribution in [3.05, 3.63) is 95.7 Å². The maximum absolute atomic E-state index is 12.6. The van der Waals surface area contributed by atoms with Crippen molar-refractivity contribution >= 4 is 17.7 Å². The third-order valence-corrected chi connectivity index (χ3v) is 6.72. The maximum atomic E-state index is 12.6. The summed E-state index contributed by atoms with van der Waals surface area (Å²) >= 11 is 0. The number of aryl methyl sites for hydroxylation is 1. The molecule has 1 heterocycles. The molecule has 7 heteroatoms. The van der Waals surface area contributed by atoms with Gasteiger partial charge in [-0.05, 0) is 48.9 Å². The summed E-state index contributed by atoms with van der Waals surface area (Å²) in [6.45, 7) is 3.57. The molecule has 5 rings (SSSR count). The van der Waals surface area contributed by atoms with Crippen molar-refractivity contribution in [3.63, 3.8) is 0 Å². The predicted molar refractivity (Wildman–Crippen MR) is 136 cm³/mol. The van der Waals surface area contributed by atoms with Crippen molar-refractivity contribution in [2.75, 3.05) is 5.32 Å². The first-order valence-electron chi connectivity index (χ1n) is 11.8. The molecule has 36 heavy (non-hydrogen) atoms. The third-order valence-electron chi connectivity index (χ3n) is 6.72. The molecule has 7 nitrogen and oxygen atoms in total. The van der Waals surface area contributed by atoms with E-state index in [4.69, 9.17) is 9.26 Å². The van der Waals surface area contributed by atoms with Crippen molar-refractivity contribution in [1.82, 2.24) is 5.16 Å². The lowest BCUT2D eigenvalue weighted by Crippen LogP contribution is -2.19. The van der Waals surface area contributed by atoms with Crippen LogP contribution in [0.4, 0.5) is 10.5 Å². The van der Waals surface area contributed by atoms with Crippen LogP contribution in [0.3, 0.4) is 0 Å². The number of benzene rings is 3. The largest absolute Gasteiger partial charge is 0.481 e. The molecule has 1 atom stereocenters. The summed E-state index contributed by atoms with van der Waals surface area (Å²) in [4.78, 5) is 24.2. The van der Waals surface area contributed by atoms with Crippen LogP contribution in [0.15, 0.2) is 83.4 Å². The zero-order chi connectivity index (χ0) is 25.3. The summed E-state index contributed by atoms with van der Waals surface area (Å²) in [5, 5.41) is 16.3. The number of amides is 1. The van der Waals surface area contributed by atoms with Gasteiger partial charge in [0.25, 0.3) is 0 Å². The van der Waals surface area contributed by atoms with Crippen molar-refractivity contribution in [3.8, 4) is 22.5 Å². The second kappa shape index (κ2) is 9.34. The van der Waals surface area contributed by atoms with Gasteiger partial charge in [-0.2, -0.15) is 0 Å². The second-order valence-electron chi connectivity index (χ2n) is 9.10. The number of carbonyl (C=O) groups excluding carboxylic acids is 1. The van der Waals surface area contributed by atoms with Gasteiger partial charge in [-0.1, -0.05) is 84.0 Å². The summed E-state index contributed by atoms with van der Waals surface area (Å²) < 4.78 is 11.1. The minimum absolute atomic E-state index is 0.411. The van der Waals surface area contributed by atoms with Gasteiger partial charge in [0.15, 0.2) is 5.76 Å². The highest BCUT2D eigenvalue weighted by Crippen LogP contribution is 2.48. The predicted octanol–water partition coefficient (Wildman–Crippen LogP) is 6.74. The molecule has 0 bridgehead atoms. The normalized spacial score (nSPS) is 14.6. The van der Waals surface area contributed by atoms with Crippen molar-refractivity contribution < 1.29 is 24.0 Å². The van der Waals surface area contributed by atoms with Crippen molar-refractivity contribution in [2.24, 2.45) is 0 Å². The molecule has 1 saturated carbocycles. The lowest BCUT2D eigenvalue weighted by molar-refractivity contribution is -0.140. The van der Waals surface area contributed by atoms with Crippen LogP contribution in [-0.2, 0) is 14.9 Å². The lowest BCUT2D eigenvalue weighted by Gasteiger charge is -2.14. The molecule has 1 unspecified atom stereocenters. The molecule has 1 aromatic heterocycles. The van der Waals surface area contributed by atoms with Crippen molar-refractivity contribution in [2.45, 2.75) is 38.2 Å². The molecule has 1 amide bonds. The van der Waals surface area contributed by atoms with Gasteiger partial charge in [-0.15, -0.1) is 0 Å². The Bertz CT molecular complexity index is 1390. The molecule has 0 spiro atoms. The van der Waals surface area contributed by atoms with E-state index >= 15 is 0 Å². The van der Waals surface area contributed by atoms with Gasteiger partial charge < -0.3 is 14.4 Å². The number of nitrogens with one attached hydrogen (secondary N) is 1. The Kier molecular flexibility index (Phi) is 6.06. The number of hydrogen-bond acceptors (Lipinski definition) is 5. The zero-order valence-electron chi connectivity index (χ0n) is 20.0. The molecule has 0 aliphatic heterocycles. The highest BCUT2D eigenvalue weighted by Gasteiger charge is 2.51. The summed E-state index contributed by atoms with van der Waals surface area (Å²) in [6, 6.07) is 24.9. The fourth-order valence-electron chi connectivity index (χ4n) is 4.34. The van der Waals surface area contributed by atoms with E-state index in [1.165, 1.54) is 0 Å². The first-order valence-corrected chi connectivity index (χ1v) is 11.8. The summed E-state index contributed by atoms with van der Waals surface area (Å²) in [5.74, 6) is -0.319. The number of hydrogen-bond donors (Lipinski definition) is 2.